The molecule has 1 aromatic heterocycles. The van der Waals surface area contributed by atoms with Crippen molar-refractivity contribution in [2.75, 3.05) is 6.61 Å². The van der Waals surface area contributed by atoms with Crippen LogP contribution in [0.2, 0.25) is 0 Å². The molecule has 0 bridgehead atoms. The van der Waals surface area contributed by atoms with Crippen molar-refractivity contribution in [3.05, 3.63) is 36.3 Å². The lowest BCUT2D eigenvalue weighted by molar-refractivity contribution is 0.135. The van der Waals surface area contributed by atoms with Gasteiger partial charge in [0.2, 0.25) is 0 Å². The van der Waals surface area contributed by atoms with E-state index < -0.39 is 0 Å². The first-order valence-corrected chi connectivity index (χ1v) is 4.06. The van der Waals surface area contributed by atoms with Crippen molar-refractivity contribution in [2.45, 2.75) is 13.0 Å². The number of rotatable bonds is 5. The van der Waals surface area contributed by atoms with Gasteiger partial charge in [0.1, 0.15) is 24.7 Å². The van der Waals surface area contributed by atoms with Crippen molar-refractivity contribution in [2.24, 2.45) is 0 Å². The van der Waals surface area contributed by atoms with Crippen molar-refractivity contribution in [3.63, 3.8) is 0 Å². The smallest absolute Gasteiger partial charge is 0.129 e. The zero-order valence-corrected chi connectivity index (χ0v) is 7.45. The maximum Gasteiger partial charge on any atom is 0.129 e. The molecule has 68 valence electrons. The topological polar surface area (TPSA) is 22.4 Å². The number of ether oxygens (including phenoxy) is 1. The molecule has 0 saturated heterocycles. The molecule has 13 heavy (non-hydrogen) atoms. The highest BCUT2D eigenvalue weighted by Gasteiger charge is 1.99. The fraction of sp³-hybridized carbons (Fsp3) is 0.273. The van der Waals surface area contributed by atoms with E-state index in [9.17, 15) is 0 Å². The summed E-state index contributed by atoms with van der Waals surface area (Å²) in [4.78, 5) is 0. The molecule has 2 nitrogen and oxygen atoms in total. The van der Waals surface area contributed by atoms with Gasteiger partial charge in [-0.1, -0.05) is 12.0 Å². The second-order valence-electron chi connectivity index (χ2n) is 2.56. The Balaban J connectivity index is 2.40. The van der Waals surface area contributed by atoms with Gasteiger partial charge in [0, 0.05) is 6.42 Å². The third-order valence-corrected chi connectivity index (χ3v) is 1.49. The minimum atomic E-state index is 0.317. The molecule has 0 aromatic carbocycles. The van der Waals surface area contributed by atoms with Crippen LogP contribution in [0.5, 0.6) is 0 Å². The predicted octanol–water partition coefficient (Wildman–Crippen LogP) is 2.16. The molecule has 0 aliphatic heterocycles. The summed E-state index contributed by atoms with van der Waals surface area (Å²) < 4.78 is 10.5. The van der Waals surface area contributed by atoms with E-state index >= 15 is 0 Å². The molecular weight excluding hydrogens is 164 g/mol. The maximum atomic E-state index is 5.41. The molecule has 0 spiro atoms. The summed E-state index contributed by atoms with van der Waals surface area (Å²) in [7, 11) is 0. The lowest BCUT2D eigenvalue weighted by atomic mass is 10.3. The molecule has 1 heterocycles. The summed E-state index contributed by atoms with van der Waals surface area (Å²) in [6.45, 7) is 4.37. The molecule has 0 fully saturated rings. The van der Waals surface area contributed by atoms with Gasteiger partial charge in [-0.15, -0.1) is 13.0 Å². The van der Waals surface area contributed by atoms with Crippen LogP contribution < -0.4 is 0 Å². The van der Waals surface area contributed by atoms with Crippen LogP contribution in [0.15, 0.2) is 29.2 Å². The lowest BCUT2D eigenvalue weighted by Gasteiger charge is -1.95. The van der Waals surface area contributed by atoms with Gasteiger partial charge in [-0.2, -0.15) is 0 Å². The Morgan fingerprint density at radius 3 is 3.00 bits per heavy atom. The summed E-state index contributed by atoms with van der Waals surface area (Å²) in [6, 6.07) is 3.80. The molecule has 0 atom stereocenters. The normalized spacial score (nSPS) is 9.46. The number of hydrogen-bond acceptors (Lipinski definition) is 2. The van der Waals surface area contributed by atoms with Gasteiger partial charge in [0.05, 0.1) is 0 Å². The highest BCUT2D eigenvalue weighted by atomic mass is 16.5. The summed E-state index contributed by atoms with van der Waals surface area (Å²) in [5.74, 6) is 4.09. The van der Waals surface area contributed by atoms with E-state index in [0.717, 1.165) is 17.9 Å². The van der Waals surface area contributed by atoms with Gasteiger partial charge >= 0.3 is 0 Å². The second kappa shape index (κ2) is 5.23. The average Bonchev–Trinajstić information content (AvgIpc) is 2.54. The molecule has 0 N–H and O–H groups in total. The van der Waals surface area contributed by atoms with Crippen LogP contribution in [0.1, 0.15) is 11.5 Å². The Morgan fingerprint density at radius 2 is 2.31 bits per heavy atom. The second-order valence-corrected chi connectivity index (χ2v) is 2.56. The minimum absolute atomic E-state index is 0.317. The molecule has 0 amide bonds. The number of hydrogen-bond donors (Lipinski definition) is 0. The standard InChI is InChI=1S/C11H12O2/c1-3-5-10-6-7-11(13-10)9-12-8-4-2/h2-3,6-7H,1,5,8-9H2. The monoisotopic (exact) mass is 176 g/mol. The Bertz CT molecular complexity index is 304. The van der Waals surface area contributed by atoms with Crippen LogP contribution >= 0.6 is 0 Å². The highest BCUT2D eigenvalue weighted by molar-refractivity contribution is 5.08. The molecule has 1 rings (SSSR count). The lowest BCUT2D eigenvalue weighted by Crippen LogP contribution is -1.90. The third kappa shape index (κ3) is 3.18. The highest BCUT2D eigenvalue weighted by Crippen LogP contribution is 2.09. The summed E-state index contributed by atoms with van der Waals surface area (Å²) in [6.07, 6.45) is 7.57. The van der Waals surface area contributed by atoms with Crippen LogP contribution in [0.3, 0.4) is 0 Å². The van der Waals surface area contributed by atoms with Crippen molar-refractivity contribution in [3.8, 4) is 12.3 Å². The largest absolute Gasteiger partial charge is 0.463 e. The maximum absolute atomic E-state index is 5.41. The molecule has 0 aliphatic rings. The van der Waals surface area contributed by atoms with Crippen LogP contribution in [0.25, 0.3) is 0 Å². The molecule has 0 saturated carbocycles. The summed E-state index contributed by atoms with van der Waals surface area (Å²) >= 11 is 0. The molecule has 1 aromatic rings. The van der Waals surface area contributed by atoms with Gasteiger partial charge in [-0.25, -0.2) is 0 Å². The molecular formula is C11H12O2. The number of allylic oxidation sites excluding steroid dienone is 1. The molecule has 0 aliphatic carbocycles. The van der Waals surface area contributed by atoms with Crippen LogP contribution in [-0.4, -0.2) is 6.61 Å². The van der Waals surface area contributed by atoms with Crippen molar-refractivity contribution < 1.29 is 9.15 Å². The van der Waals surface area contributed by atoms with Gasteiger partial charge in [0.25, 0.3) is 0 Å². The fourth-order valence-electron chi connectivity index (χ4n) is 0.962. The SMILES string of the molecule is C#CCOCc1ccc(CC=C)o1. The Morgan fingerprint density at radius 1 is 1.54 bits per heavy atom. The van der Waals surface area contributed by atoms with Crippen LogP contribution in [-0.2, 0) is 17.8 Å². The van der Waals surface area contributed by atoms with E-state index in [1.54, 1.807) is 6.08 Å². The molecule has 2 heteroatoms. The van der Waals surface area contributed by atoms with Gasteiger partial charge < -0.3 is 9.15 Å². The van der Waals surface area contributed by atoms with Crippen molar-refractivity contribution >= 4 is 0 Å². The number of furan rings is 1. The van der Waals surface area contributed by atoms with E-state index in [2.05, 4.69) is 12.5 Å². The quantitative estimate of drug-likeness (QED) is 0.389. The van der Waals surface area contributed by atoms with Crippen LogP contribution in [0, 0.1) is 12.3 Å². The number of terminal acetylenes is 1. The van der Waals surface area contributed by atoms with E-state index in [4.69, 9.17) is 15.6 Å². The van der Waals surface area contributed by atoms with Crippen LogP contribution in [0.4, 0.5) is 0 Å². The molecule has 0 unspecified atom stereocenters. The fourth-order valence-corrected chi connectivity index (χ4v) is 0.962. The summed E-state index contributed by atoms with van der Waals surface area (Å²) in [5, 5.41) is 0. The predicted molar refractivity (Wildman–Crippen MR) is 51.1 cm³/mol. The first kappa shape index (κ1) is 9.63. The minimum Gasteiger partial charge on any atom is -0.463 e. The first-order valence-electron chi connectivity index (χ1n) is 4.06. The van der Waals surface area contributed by atoms with Gasteiger partial charge in [0.15, 0.2) is 0 Å². The zero-order valence-electron chi connectivity index (χ0n) is 7.45. The van der Waals surface area contributed by atoms with Crippen molar-refractivity contribution in [1.82, 2.24) is 0 Å². The van der Waals surface area contributed by atoms with E-state index in [0.29, 0.717) is 13.2 Å². The first-order chi connectivity index (χ1) is 6.36. The Hall–Kier alpha value is -1.46. The zero-order chi connectivity index (χ0) is 9.52. The average molecular weight is 176 g/mol. The third-order valence-electron chi connectivity index (χ3n) is 1.49. The van der Waals surface area contributed by atoms with E-state index in [1.807, 2.05) is 12.1 Å². The summed E-state index contributed by atoms with van der Waals surface area (Å²) in [5.41, 5.74) is 0. The molecule has 0 radical (unpaired) electrons. The van der Waals surface area contributed by atoms with E-state index in [-0.39, 0.29) is 0 Å². The van der Waals surface area contributed by atoms with Gasteiger partial charge in [-0.05, 0) is 12.1 Å². The van der Waals surface area contributed by atoms with E-state index in [1.165, 1.54) is 0 Å². The Labute approximate surface area is 78.2 Å². The van der Waals surface area contributed by atoms with Crippen molar-refractivity contribution in [1.29, 1.82) is 0 Å². The Kier molecular flexibility index (Phi) is 3.87. The van der Waals surface area contributed by atoms with Gasteiger partial charge in [-0.3, -0.25) is 0 Å².